The van der Waals surface area contributed by atoms with Crippen LogP contribution < -0.4 is 5.32 Å². The standard InChI is InChI=1S/C16H13FN4O/c17-10-1-2-15(22)12(9-10)13(18)4-7-19-14-5-8-21-16-11(14)3-6-20-16/h1-9,18,22H,(H2,19,20,21)/p+1. The zero-order valence-electron chi connectivity index (χ0n) is 11.5. The van der Waals surface area contributed by atoms with Gasteiger partial charge in [0, 0.05) is 30.1 Å². The molecule has 0 saturated carbocycles. The summed E-state index contributed by atoms with van der Waals surface area (Å²) >= 11 is 0. The maximum Gasteiger partial charge on any atom is 0.146 e. The molecule has 0 aliphatic carbocycles. The molecule has 0 amide bonds. The smallest absolute Gasteiger partial charge is 0.146 e. The first-order valence-electron chi connectivity index (χ1n) is 6.66. The second kappa shape index (κ2) is 5.79. The minimum atomic E-state index is -0.488. The van der Waals surface area contributed by atoms with Crippen LogP contribution in [0.15, 0.2) is 55.0 Å². The summed E-state index contributed by atoms with van der Waals surface area (Å²) in [6.07, 6.45) is 6.70. The van der Waals surface area contributed by atoms with Crippen LogP contribution in [-0.4, -0.2) is 20.8 Å². The Balaban J connectivity index is 1.78. The molecule has 3 aromatic rings. The van der Waals surface area contributed by atoms with Crippen LogP contribution in [0.4, 0.5) is 10.1 Å². The van der Waals surface area contributed by atoms with Gasteiger partial charge >= 0.3 is 0 Å². The van der Waals surface area contributed by atoms with Gasteiger partial charge in [-0.1, -0.05) is 0 Å². The molecule has 0 fully saturated rings. The van der Waals surface area contributed by atoms with E-state index < -0.39 is 5.82 Å². The first kappa shape index (κ1) is 14.0. The van der Waals surface area contributed by atoms with Gasteiger partial charge in [0.1, 0.15) is 22.9 Å². The number of aromatic amines is 1. The molecule has 0 saturated heterocycles. The zero-order valence-corrected chi connectivity index (χ0v) is 11.5. The molecule has 2 heterocycles. The number of nitrogens with zero attached hydrogens (tertiary/aromatic N) is 1. The van der Waals surface area contributed by atoms with Crippen LogP contribution >= 0.6 is 0 Å². The summed E-state index contributed by atoms with van der Waals surface area (Å²) in [4.78, 5) is 7.22. The van der Waals surface area contributed by atoms with Crippen LogP contribution in [0.1, 0.15) is 5.56 Å². The van der Waals surface area contributed by atoms with Crippen LogP contribution in [-0.2, 0) is 0 Å². The third-order valence-corrected chi connectivity index (χ3v) is 3.28. The van der Waals surface area contributed by atoms with Crippen LogP contribution in [0, 0.1) is 11.2 Å². The van der Waals surface area contributed by atoms with E-state index in [1.807, 2.05) is 23.6 Å². The highest BCUT2D eigenvalue weighted by molar-refractivity contribution is 6.08. The monoisotopic (exact) mass is 297 g/mol. The van der Waals surface area contributed by atoms with E-state index >= 15 is 0 Å². The number of phenols is 1. The number of hydrogen-bond donors (Lipinski definition) is 4. The number of nitrogens with two attached hydrogens (primary N) is 1. The summed E-state index contributed by atoms with van der Waals surface area (Å²) in [6.45, 7) is 0. The quantitative estimate of drug-likeness (QED) is 0.556. The van der Waals surface area contributed by atoms with Gasteiger partial charge in [0.15, 0.2) is 0 Å². The highest BCUT2D eigenvalue weighted by Gasteiger charge is 2.08. The minimum absolute atomic E-state index is 0.0348. The Hall–Kier alpha value is -2.99. The Morgan fingerprint density at radius 2 is 2.18 bits per heavy atom. The number of aromatic nitrogens is 2. The number of halogens is 1. The molecule has 0 aliphatic heterocycles. The number of nitrogens with one attached hydrogen (secondary N) is 2. The van der Waals surface area contributed by atoms with E-state index in [0.29, 0.717) is 0 Å². The van der Waals surface area contributed by atoms with Gasteiger partial charge in [0.2, 0.25) is 0 Å². The van der Waals surface area contributed by atoms with Crippen molar-refractivity contribution in [3.63, 3.8) is 0 Å². The third kappa shape index (κ3) is 2.72. The lowest BCUT2D eigenvalue weighted by Crippen LogP contribution is -2.71. The number of H-pyrrole nitrogens is 1. The van der Waals surface area contributed by atoms with Gasteiger partial charge in [-0.05, 0) is 24.3 Å². The first-order chi connectivity index (χ1) is 10.6. The molecule has 0 bridgehead atoms. The summed E-state index contributed by atoms with van der Waals surface area (Å²) in [5.74, 6) is -0.605. The van der Waals surface area contributed by atoms with Gasteiger partial charge < -0.3 is 10.1 Å². The Morgan fingerprint density at radius 1 is 1.32 bits per heavy atom. The fourth-order valence-electron chi connectivity index (χ4n) is 2.19. The van der Waals surface area contributed by atoms with E-state index in [1.165, 1.54) is 12.1 Å². The van der Waals surface area contributed by atoms with E-state index in [-0.39, 0.29) is 17.0 Å². The van der Waals surface area contributed by atoms with E-state index in [4.69, 9.17) is 5.41 Å². The molecule has 0 unspecified atom stereocenters. The first-order valence-corrected chi connectivity index (χ1v) is 6.66. The molecule has 0 atom stereocenters. The SMILES string of the molecule is N=C(C=C[NH2+]c1ccnc2[nH]ccc12)c1cc(F)ccc1O. The van der Waals surface area contributed by atoms with Crippen molar-refractivity contribution in [2.24, 2.45) is 0 Å². The molecule has 110 valence electrons. The maximum absolute atomic E-state index is 13.2. The zero-order chi connectivity index (χ0) is 15.5. The average molecular weight is 297 g/mol. The molecule has 5 N–H and O–H groups in total. The van der Waals surface area contributed by atoms with E-state index in [2.05, 4.69) is 9.97 Å². The molecule has 22 heavy (non-hydrogen) atoms. The Morgan fingerprint density at radius 3 is 3.05 bits per heavy atom. The number of fused-ring (bicyclic) bond motifs is 1. The molecule has 1 aromatic carbocycles. The lowest BCUT2D eigenvalue weighted by molar-refractivity contribution is -0.494. The molecule has 0 aliphatic rings. The van der Waals surface area contributed by atoms with Crippen molar-refractivity contribution in [2.75, 3.05) is 0 Å². The number of benzene rings is 1. The van der Waals surface area contributed by atoms with Crippen LogP contribution in [0.3, 0.4) is 0 Å². The number of aromatic hydroxyl groups is 1. The highest BCUT2D eigenvalue weighted by Crippen LogP contribution is 2.19. The summed E-state index contributed by atoms with van der Waals surface area (Å²) in [5.41, 5.74) is 1.94. The van der Waals surface area contributed by atoms with Crippen LogP contribution in [0.5, 0.6) is 5.75 Å². The number of hydrogen-bond acceptors (Lipinski definition) is 3. The molecule has 5 nitrogen and oxygen atoms in total. The summed E-state index contributed by atoms with van der Waals surface area (Å²) in [7, 11) is 0. The summed E-state index contributed by atoms with van der Waals surface area (Å²) in [5, 5.41) is 20.4. The fourth-order valence-corrected chi connectivity index (χ4v) is 2.19. The maximum atomic E-state index is 13.2. The predicted molar refractivity (Wildman–Crippen MR) is 81.7 cm³/mol. The van der Waals surface area contributed by atoms with Gasteiger partial charge in [-0.2, -0.15) is 0 Å². The van der Waals surface area contributed by atoms with Crippen LogP contribution in [0.2, 0.25) is 0 Å². The molecular weight excluding hydrogens is 283 g/mol. The van der Waals surface area contributed by atoms with E-state index in [0.717, 1.165) is 28.9 Å². The van der Waals surface area contributed by atoms with Gasteiger partial charge in [-0.15, -0.1) is 0 Å². The predicted octanol–water partition coefficient (Wildman–Crippen LogP) is 2.18. The Kier molecular flexibility index (Phi) is 3.67. The number of quaternary nitrogens is 1. The number of phenolic OH excluding ortho intramolecular Hbond substituents is 1. The second-order valence-electron chi connectivity index (χ2n) is 4.74. The van der Waals surface area contributed by atoms with Crippen molar-refractivity contribution in [3.8, 4) is 5.75 Å². The van der Waals surface area contributed by atoms with Crippen molar-refractivity contribution in [1.82, 2.24) is 9.97 Å². The normalized spacial score (nSPS) is 11.3. The molecule has 0 spiro atoms. The molecule has 6 heteroatoms. The summed E-state index contributed by atoms with van der Waals surface area (Å²) < 4.78 is 13.2. The average Bonchev–Trinajstić information content (AvgIpc) is 2.99. The Bertz CT molecular complexity index is 869. The van der Waals surface area contributed by atoms with Gasteiger partial charge in [0.05, 0.1) is 17.3 Å². The van der Waals surface area contributed by atoms with Crippen molar-refractivity contribution in [1.29, 1.82) is 5.41 Å². The van der Waals surface area contributed by atoms with Gasteiger partial charge in [-0.3, -0.25) is 10.7 Å². The lowest BCUT2D eigenvalue weighted by Gasteiger charge is -2.02. The van der Waals surface area contributed by atoms with Gasteiger partial charge in [0.25, 0.3) is 0 Å². The second-order valence-corrected chi connectivity index (χ2v) is 4.74. The molecule has 3 rings (SSSR count). The van der Waals surface area contributed by atoms with Crippen molar-refractivity contribution in [3.05, 3.63) is 66.4 Å². The lowest BCUT2D eigenvalue weighted by atomic mass is 10.1. The van der Waals surface area contributed by atoms with Crippen molar-refractivity contribution in [2.45, 2.75) is 0 Å². The third-order valence-electron chi connectivity index (χ3n) is 3.28. The molecule has 0 radical (unpaired) electrons. The number of allylic oxidation sites excluding steroid dienone is 1. The minimum Gasteiger partial charge on any atom is -0.507 e. The molecule has 2 aromatic heterocycles. The number of pyridine rings is 1. The van der Waals surface area contributed by atoms with E-state index in [9.17, 15) is 9.50 Å². The van der Waals surface area contributed by atoms with Crippen molar-refractivity contribution < 1.29 is 14.8 Å². The molecular formula is C16H14FN4O+. The Labute approximate surface area is 125 Å². The topological polar surface area (TPSA) is 89.4 Å². The van der Waals surface area contributed by atoms with E-state index in [1.54, 1.807) is 12.4 Å². The number of rotatable bonds is 4. The fraction of sp³-hybridized carbons (Fsp3) is 0. The highest BCUT2D eigenvalue weighted by atomic mass is 19.1. The largest absolute Gasteiger partial charge is 0.507 e. The van der Waals surface area contributed by atoms with Gasteiger partial charge in [-0.25, -0.2) is 9.37 Å². The van der Waals surface area contributed by atoms with Crippen molar-refractivity contribution >= 4 is 22.4 Å². The summed E-state index contributed by atoms with van der Waals surface area (Å²) in [6, 6.07) is 7.32. The van der Waals surface area contributed by atoms with Crippen LogP contribution in [0.25, 0.3) is 11.0 Å².